The molecule has 1 saturated carbocycles. The Balaban J connectivity index is 2.33. The van der Waals surface area contributed by atoms with Gasteiger partial charge in [-0.05, 0) is 39.5 Å². The van der Waals surface area contributed by atoms with Gasteiger partial charge in [0.25, 0.3) is 0 Å². The first-order valence-electron chi connectivity index (χ1n) is 7.10. The Morgan fingerprint density at radius 2 is 1.67 bits per heavy atom. The van der Waals surface area contributed by atoms with Crippen LogP contribution in [0, 0.1) is 0 Å². The lowest BCUT2D eigenvalue weighted by molar-refractivity contribution is 0.0594. The summed E-state index contributed by atoms with van der Waals surface area (Å²) in [5.74, 6) is 0. The van der Waals surface area contributed by atoms with Crippen LogP contribution in [-0.4, -0.2) is 31.6 Å². The zero-order chi connectivity index (χ0) is 13.0. The molecular weight excluding hydrogens is 220 g/mol. The first-order chi connectivity index (χ1) is 8.70. The zero-order valence-electron chi connectivity index (χ0n) is 11.9. The van der Waals surface area contributed by atoms with Gasteiger partial charge in [0, 0.05) is 5.54 Å². The molecule has 1 unspecified atom stereocenters. The van der Waals surface area contributed by atoms with Crippen LogP contribution in [-0.2, 0) is 0 Å². The molecule has 2 heteroatoms. The number of nitrogens with one attached hydrogen (secondary N) is 1. The van der Waals surface area contributed by atoms with Gasteiger partial charge in [-0.15, -0.1) is 0 Å². The zero-order valence-corrected chi connectivity index (χ0v) is 11.9. The van der Waals surface area contributed by atoms with Crippen LogP contribution in [0.3, 0.4) is 0 Å². The highest BCUT2D eigenvalue weighted by Crippen LogP contribution is 2.41. The third-order valence-corrected chi connectivity index (χ3v) is 4.57. The first kappa shape index (κ1) is 13.6. The van der Waals surface area contributed by atoms with E-state index in [2.05, 4.69) is 61.7 Å². The summed E-state index contributed by atoms with van der Waals surface area (Å²) in [5, 5.41) is 3.57. The van der Waals surface area contributed by atoms with E-state index in [9.17, 15) is 0 Å². The molecular formula is C16H26N2. The van der Waals surface area contributed by atoms with Gasteiger partial charge >= 0.3 is 0 Å². The smallest absolute Gasteiger partial charge is 0.0504 e. The monoisotopic (exact) mass is 246 g/mol. The van der Waals surface area contributed by atoms with E-state index >= 15 is 0 Å². The van der Waals surface area contributed by atoms with E-state index in [0.717, 1.165) is 0 Å². The number of nitrogens with zero attached hydrogens (tertiary/aromatic N) is 1. The number of rotatable bonds is 4. The number of likely N-dealkylation sites (N-methyl/N-ethyl adjacent to an activating group) is 2. The summed E-state index contributed by atoms with van der Waals surface area (Å²) in [7, 11) is 6.56. The van der Waals surface area contributed by atoms with Crippen LogP contribution in [0.5, 0.6) is 0 Å². The Hall–Kier alpha value is -0.860. The van der Waals surface area contributed by atoms with Crippen molar-refractivity contribution in [2.24, 2.45) is 0 Å². The van der Waals surface area contributed by atoms with Crippen molar-refractivity contribution in [1.29, 1.82) is 0 Å². The van der Waals surface area contributed by atoms with Crippen molar-refractivity contribution >= 4 is 0 Å². The van der Waals surface area contributed by atoms with Gasteiger partial charge < -0.3 is 10.2 Å². The highest BCUT2D eigenvalue weighted by atomic mass is 15.2. The predicted molar refractivity (Wildman–Crippen MR) is 77.7 cm³/mol. The summed E-state index contributed by atoms with van der Waals surface area (Å²) in [4.78, 5) is 2.44. The van der Waals surface area contributed by atoms with Crippen molar-refractivity contribution in [3.63, 3.8) is 0 Å². The topological polar surface area (TPSA) is 15.3 Å². The molecule has 0 radical (unpaired) electrons. The molecule has 1 aromatic rings. The van der Waals surface area contributed by atoms with Crippen molar-refractivity contribution in [2.45, 2.75) is 43.7 Å². The lowest BCUT2D eigenvalue weighted by atomic mass is 9.73. The van der Waals surface area contributed by atoms with Crippen molar-refractivity contribution in [2.75, 3.05) is 21.1 Å². The fraction of sp³-hybridized carbons (Fsp3) is 0.625. The van der Waals surface area contributed by atoms with Crippen LogP contribution in [0.15, 0.2) is 30.3 Å². The first-order valence-corrected chi connectivity index (χ1v) is 7.10. The molecule has 18 heavy (non-hydrogen) atoms. The Kier molecular flexibility index (Phi) is 4.41. The largest absolute Gasteiger partial charge is 0.311 e. The Labute approximate surface area is 111 Å². The summed E-state index contributed by atoms with van der Waals surface area (Å²) in [6, 6.07) is 11.3. The molecule has 1 fully saturated rings. The quantitative estimate of drug-likeness (QED) is 0.877. The van der Waals surface area contributed by atoms with Gasteiger partial charge in [0.05, 0.1) is 6.04 Å². The summed E-state index contributed by atoms with van der Waals surface area (Å²) in [6.07, 6.45) is 6.67. The minimum absolute atomic E-state index is 0.272. The minimum atomic E-state index is 0.272. The van der Waals surface area contributed by atoms with Crippen LogP contribution < -0.4 is 5.32 Å². The average Bonchev–Trinajstić information content (AvgIpc) is 2.41. The number of hydrogen-bond donors (Lipinski definition) is 1. The van der Waals surface area contributed by atoms with Crippen LogP contribution in [0.2, 0.25) is 0 Å². The summed E-state index contributed by atoms with van der Waals surface area (Å²) >= 11 is 0. The van der Waals surface area contributed by atoms with Crippen molar-refractivity contribution in [1.82, 2.24) is 10.2 Å². The molecule has 2 rings (SSSR count). The normalized spacial score (nSPS) is 20.9. The van der Waals surface area contributed by atoms with Gasteiger partial charge in [-0.1, -0.05) is 49.6 Å². The second kappa shape index (κ2) is 5.85. The summed E-state index contributed by atoms with van der Waals surface area (Å²) < 4.78 is 0. The molecule has 0 bridgehead atoms. The molecule has 2 nitrogen and oxygen atoms in total. The molecule has 0 aromatic heterocycles. The predicted octanol–water partition coefficient (Wildman–Crippen LogP) is 3.21. The highest BCUT2D eigenvalue weighted by molar-refractivity contribution is 5.24. The SMILES string of the molecule is CNC(c1ccccc1)C1(N(C)C)CCCCC1. The van der Waals surface area contributed by atoms with E-state index in [1.54, 1.807) is 0 Å². The number of benzene rings is 1. The second-order valence-corrected chi connectivity index (χ2v) is 5.69. The maximum atomic E-state index is 3.57. The third-order valence-electron chi connectivity index (χ3n) is 4.57. The third kappa shape index (κ3) is 2.45. The Bertz CT molecular complexity index is 353. The maximum absolute atomic E-state index is 3.57. The summed E-state index contributed by atoms with van der Waals surface area (Å²) in [5.41, 5.74) is 1.68. The van der Waals surface area contributed by atoms with Crippen molar-refractivity contribution in [3.05, 3.63) is 35.9 Å². The average molecular weight is 246 g/mol. The minimum Gasteiger partial charge on any atom is -0.311 e. The molecule has 0 spiro atoms. The lowest BCUT2D eigenvalue weighted by Gasteiger charge is -2.48. The summed E-state index contributed by atoms with van der Waals surface area (Å²) in [6.45, 7) is 0. The van der Waals surface area contributed by atoms with Crippen molar-refractivity contribution < 1.29 is 0 Å². The molecule has 1 N–H and O–H groups in total. The Morgan fingerprint density at radius 1 is 1.06 bits per heavy atom. The molecule has 0 amide bonds. The molecule has 1 aliphatic carbocycles. The molecule has 1 aliphatic rings. The standard InChI is InChI=1S/C16H26N2/c1-17-15(14-10-6-4-7-11-14)16(18(2)3)12-8-5-9-13-16/h4,6-7,10-11,15,17H,5,8-9,12-13H2,1-3H3. The maximum Gasteiger partial charge on any atom is 0.0504 e. The fourth-order valence-electron chi connectivity index (χ4n) is 3.55. The van der Waals surface area contributed by atoms with E-state index in [1.807, 2.05) is 0 Å². The molecule has 100 valence electrons. The molecule has 1 aromatic carbocycles. The van der Waals surface area contributed by atoms with E-state index < -0.39 is 0 Å². The Morgan fingerprint density at radius 3 is 2.17 bits per heavy atom. The van der Waals surface area contributed by atoms with Crippen LogP contribution in [0.1, 0.15) is 43.7 Å². The van der Waals surface area contributed by atoms with E-state index in [1.165, 1.54) is 37.7 Å². The molecule has 0 aliphatic heterocycles. The van der Waals surface area contributed by atoms with E-state index in [-0.39, 0.29) is 5.54 Å². The van der Waals surface area contributed by atoms with Gasteiger partial charge in [-0.25, -0.2) is 0 Å². The molecule has 0 heterocycles. The molecule has 0 saturated heterocycles. The van der Waals surface area contributed by atoms with E-state index in [4.69, 9.17) is 0 Å². The van der Waals surface area contributed by atoms with Crippen LogP contribution in [0.4, 0.5) is 0 Å². The van der Waals surface area contributed by atoms with Gasteiger partial charge in [0.2, 0.25) is 0 Å². The lowest BCUT2D eigenvalue weighted by Crippen LogP contribution is -2.54. The van der Waals surface area contributed by atoms with E-state index in [0.29, 0.717) is 6.04 Å². The fourth-order valence-corrected chi connectivity index (χ4v) is 3.55. The van der Waals surface area contributed by atoms with Gasteiger partial charge in [0.1, 0.15) is 0 Å². The highest BCUT2D eigenvalue weighted by Gasteiger charge is 2.41. The van der Waals surface area contributed by atoms with Crippen LogP contribution in [0.25, 0.3) is 0 Å². The number of hydrogen-bond acceptors (Lipinski definition) is 2. The van der Waals surface area contributed by atoms with Crippen molar-refractivity contribution in [3.8, 4) is 0 Å². The van der Waals surface area contributed by atoms with Gasteiger partial charge in [-0.3, -0.25) is 0 Å². The van der Waals surface area contributed by atoms with Gasteiger partial charge in [-0.2, -0.15) is 0 Å². The second-order valence-electron chi connectivity index (χ2n) is 5.69. The van der Waals surface area contributed by atoms with Crippen LogP contribution >= 0.6 is 0 Å². The van der Waals surface area contributed by atoms with Gasteiger partial charge in [0.15, 0.2) is 0 Å². The molecule has 1 atom stereocenters.